The predicted molar refractivity (Wildman–Crippen MR) is 118 cm³/mol. The fraction of sp³-hybridized carbons (Fsp3) is 0.500. The van der Waals surface area contributed by atoms with Crippen LogP contribution in [0.25, 0.3) is 0 Å². The van der Waals surface area contributed by atoms with Crippen molar-refractivity contribution in [3.63, 3.8) is 0 Å². The second-order valence-electron chi connectivity index (χ2n) is 9.40. The van der Waals surface area contributed by atoms with Gasteiger partial charge in [0.1, 0.15) is 18.4 Å². The van der Waals surface area contributed by atoms with E-state index in [9.17, 15) is 9.18 Å². The number of hydrogen-bond acceptors (Lipinski definition) is 5. The van der Waals surface area contributed by atoms with E-state index in [4.69, 9.17) is 4.74 Å². The Labute approximate surface area is 182 Å². The summed E-state index contributed by atoms with van der Waals surface area (Å²) >= 11 is 0. The van der Waals surface area contributed by atoms with Crippen LogP contribution in [0.5, 0.6) is 0 Å². The molecule has 0 atom stereocenters. The molecule has 2 saturated heterocycles. The van der Waals surface area contributed by atoms with Crippen LogP contribution in [-0.2, 0) is 4.74 Å². The van der Waals surface area contributed by atoms with Crippen molar-refractivity contribution in [3.05, 3.63) is 53.5 Å². The van der Waals surface area contributed by atoms with Gasteiger partial charge < -0.3 is 19.4 Å². The fourth-order valence-corrected chi connectivity index (χ4v) is 4.40. The van der Waals surface area contributed by atoms with Crippen molar-refractivity contribution in [1.29, 1.82) is 0 Å². The average molecular weight is 425 g/mol. The molecule has 3 aliphatic rings. The summed E-state index contributed by atoms with van der Waals surface area (Å²) in [6, 6.07) is 9.10. The molecule has 164 valence electrons. The smallest absolute Gasteiger partial charge is 0.256 e. The first kappa shape index (κ1) is 20.2. The van der Waals surface area contributed by atoms with E-state index in [1.54, 1.807) is 11.0 Å². The summed E-state index contributed by atoms with van der Waals surface area (Å²) in [6.45, 7) is 7.65. The standard InChI is InChI=1S/C24H29FN4O2/c1-24(2)15-29(16-31-24)19-6-7-20(21(25)13-19)23(30)28-11-9-27(10-12-28)22-8-5-18(14-26-22)17-3-4-17/h5-8,13-14,17H,3-4,9-12,15-16H2,1-2H3. The third kappa shape index (κ3) is 4.24. The zero-order chi connectivity index (χ0) is 21.6. The number of nitrogens with zero attached hydrogens (tertiary/aromatic N) is 4. The van der Waals surface area contributed by atoms with Gasteiger partial charge in [-0.05, 0) is 62.4 Å². The molecule has 0 N–H and O–H groups in total. The number of pyridine rings is 1. The molecule has 1 aromatic carbocycles. The van der Waals surface area contributed by atoms with Crippen molar-refractivity contribution in [1.82, 2.24) is 9.88 Å². The number of hydrogen-bond donors (Lipinski definition) is 0. The number of carbonyl (C=O) groups is 1. The van der Waals surface area contributed by atoms with Gasteiger partial charge in [-0.2, -0.15) is 0 Å². The number of benzene rings is 1. The molecule has 6 nitrogen and oxygen atoms in total. The molecule has 0 radical (unpaired) electrons. The Balaban J connectivity index is 1.21. The first-order valence-corrected chi connectivity index (χ1v) is 11.1. The minimum atomic E-state index is -0.480. The normalized spacial score (nSPS) is 20.9. The number of ether oxygens (including phenoxy) is 1. The Kier molecular flexibility index (Phi) is 5.08. The molecule has 31 heavy (non-hydrogen) atoms. The molecule has 1 amide bonds. The van der Waals surface area contributed by atoms with E-state index < -0.39 is 5.82 Å². The molecule has 7 heteroatoms. The van der Waals surface area contributed by atoms with Gasteiger partial charge in [0.25, 0.3) is 5.91 Å². The zero-order valence-electron chi connectivity index (χ0n) is 18.2. The summed E-state index contributed by atoms with van der Waals surface area (Å²) in [7, 11) is 0. The van der Waals surface area contributed by atoms with E-state index in [1.807, 2.05) is 31.0 Å². The number of anilines is 2. The lowest BCUT2D eigenvalue weighted by atomic mass is 10.1. The molecule has 2 aromatic rings. The molecular formula is C24H29FN4O2. The van der Waals surface area contributed by atoms with Crippen LogP contribution >= 0.6 is 0 Å². The van der Waals surface area contributed by atoms with Gasteiger partial charge in [-0.15, -0.1) is 0 Å². The van der Waals surface area contributed by atoms with Gasteiger partial charge in [-0.3, -0.25) is 4.79 Å². The molecule has 0 unspecified atom stereocenters. The van der Waals surface area contributed by atoms with E-state index >= 15 is 0 Å². The van der Waals surface area contributed by atoms with Crippen LogP contribution in [0, 0.1) is 5.82 Å². The maximum atomic E-state index is 14.8. The highest BCUT2D eigenvalue weighted by atomic mass is 19.1. The second kappa shape index (κ2) is 7.79. The number of halogens is 1. The Bertz CT molecular complexity index is 966. The fourth-order valence-electron chi connectivity index (χ4n) is 4.40. The van der Waals surface area contributed by atoms with Gasteiger partial charge in [-0.25, -0.2) is 9.37 Å². The molecule has 2 aliphatic heterocycles. The molecule has 5 rings (SSSR count). The van der Waals surface area contributed by atoms with E-state index in [0.717, 1.165) is 11.5 Å². The van der Waals surface area contributed by atoms with Crippen molar-refractivity contribution < 1.29 is 13.9 Å². The lowest BCUT2D eigenvalue weighted by Crippen LogP contribution is -2.49. The Morgan fingerprint density at radius 2 is 1.87 bits per heavy atom. The summed E-state index contributed by atoms with van der Waals surface area (Å²) in [4.78, 5) is 23.5. The lowest BCUT2D eigenvalue weighted by Gasteiger charge is -2.35. The molecular weight excluding hydrogens is 395 g/mol. The van der Waals surface area contributed by atoms with Crippen molar-refractivity contribution in [2.45, 2.75) is 38.2 Å². The number of amides is 1. The van der Waals surface area contributed by atoms with Crippen LogP contribution in [-0.4, -0.2) is 60.8 Å². The molecule has 0 spiro atoms. The number of carbonyl (C=O) groups excluding carboxylic acids is 1. The van der Waals surface area contributed by atoms with Crippen molar-refractivity contribution in [3.8, 4) is 0 Å². The minimum Gasteiger partial charge on any atom is -0.353 e. The lowest BCUT2D eigenvalue weighted by molar-refractivity contribution is 0.0439. The quantitative estimate of drug-likeness (QED) is 0.750. The van der Waals surface area contributed by atoms with Crippen LogP contribution < -0.4 is 9.80 Å². The summed E-state index contributed by atoms with van der Waals surface area (Å²) in [5.41, 5.74) is 1.94. The number of aromatic nitrogens is 1. The second-order valence-corrected chi connectivity index (χ2v) is 9.40. The molecule has 1 aliphatic carbocycles. The summed E-state index contributed by atoms with van der Waals surface area (Å²) in [6.07, 6.45) is 4.51. The Morgan fingerprint density at radius 1 is 1.10 bits per heavy atom. The number of piperazine rings is 1. The predicted octanol–water partition coefficient (Wildman–Crippen LogP) is 3.63. The summed E-state index contributed by atoms with van der Waals surface area (Å²) in [5, 5.41) is 0. The van der Waals surface area contributed by atoms with Crippen LogP contribution in [0.2, 0.25) is 0 Å². The van der Waals surface area contributed by atoms with E-state index in [0.29, 0.717) is 45.4 Å². The molecule has 3 heterocycles. The highest BCUT2D eigenvalue weighted by Crippen LogP contribution is 2.40. The Hall–Kier alpha value is -2.67. The molecule has 1 aromatic heterocycles. The third-order valence-electron chi connectivity index (χ3n) is 6.44. The van der Waals surface area contributed by atoms with Crippen LogP contribution in [0.1, 0.15) is 48.5 Å². The van der Waals surface area contributed by atoms with Crippen LogP contribution in [0.3, 0.4) is 0 Å². The SMILES string of the molecule is CC1(C)CN(c2ccc(C(=O)N3CCN(c4ccc(C5CC5)cn4)CC3)c(F)c2)CO1. The van der Waals surface area contributed by atoms with E-state index in [1.165, 1.54) is 24.5 Å². The summed E-state index contributed by atoms with van der Waals surface area (Å²) < 4.78 is 20.5. The van der Waals surface area contributed by atoms with Gasteiger partial charge in [0.05, 0.1) is 11.2 Å². The zero-order valence-corrected chi connectivity index (χ0v) is 18.2. The average Bonchev–Trinajstić information content (AvgIpc) is 3.56. The third-order valence-corrected chi connectivity index (χ3v) is 6.44. The molecule has 0 bridgehead atoms. The van der Waals surface area contributed by atoms with Crippen LogP contribution in [0.4, 0.5) is 15.9 Å². The van der Waals surface area contributed by atoms with Gasteiger partial charge in [-0.1, -0.05) is 6.07 Å². The van der Waals surface area contributed by atoms with Gasteiger partial charge in [0, 0.05) is 44.6 Å². The molecule has 1 saturated carbocycles. The Morgan fingerprint density at radius 3 is 2.45 bits per heavy atom. The van der Waals surface area contributed by atoms with Gasteiger partial charge >= 0.3 is 0 Å². The van der Waals surface area contributed by atoms with E-state index in [-0.39, 0.29) is 17.1 Å². The number of rotatable bonds is 4. The van der Waals surface area contributed by atoms with Crippen molar-refractivity contribution in [2.75, 3.05) is 49.3 Å². The summed E-state index contributed by atoms with van der Waals surface area (Å²) in [5.74, 6) is 0.912. The van der Waals surface area contributed by atoms with Crippen LogP contribution in [0.15, 0.2) is 36.5 Å². The monoisotopic (exact) mass is 424 g/mol. The minimum absolute atomic E-state index is 0.128. The maximum absolute atomic E-state index is 14.8. The highest BCUT2D eigenvalue weighted by molar-refractivity contribution is 5.95. The van der Waals surface area contributed by atoms with Crippen molar-refractivity contribution in [2.24, 2.45) is 0 Å². The topological polar surface area (TPSA) is 48.9 Å². The first-order valence-electron chi connectivity index (χ1n) is 11.1. The maximum Gasteiger partial charge on any atom is 0.256 e. The van der Waals surface area contributed by atoms with Gasteiger partial charge in [0.2, 0.25) is 0 Å². The first-order chi connectivity index (χ1) is 14.9. The molecule has 3 fully saturated rings. The largest absolute Gasteiger partial charge is 0.353 e. The van der Waals surface area contributed by atoms with Gasteiger partial charge in [0.15, 0.2) is 0 Å². The van der Waals surface area contributed by atoms with E-state index in [2.05, 4.69) is 22.0 Å². The van der Waals surface area contributed by atoms with Crippen molar-refractivity contribution >= 4 is 17.4 Å². The highest BCUT2D eigenvalue weighted by Gasteiger charge is 2.31.